The zero-order valence-electron chi connectivity index (χ0n) is 8.73. The summed E-state index contributed by atoms with van der Waals surface area (Å²) in [6.07, 6.45) is 3.62. The summed E-state index contributed by atoms with van der Waals surface area (Å²) >= 11 is 5.09. The van der Waals surface area contributed by atoms with Crippen molar-refractivity contribution in [2.24, 2.45) is 0 Å². The number of hydrogen-bond acceptors (Lipinski definition) is 3. The molecule has 1 N–H and O–H groups in total. The topological polar surface area (TPSA) is 33.4 Å². The molecule has 0 spiro atoms. The SMILES string of the molecule is OC(CCc1ccco1)Cc1ccc(Br)s1. The molecule has 0 aliphatic carbocycles. The first-order chi connectivity index (χ1) is 7.74. The minimum absolute atomic E-state index is 0.296. The largest absolute Gasteiger partial charge is 0.469 e. The first-order valence-corrected chi connectivity index (χ1v) is 6.79. The fraction of sp³-hybridized carbons (Fsp3) is 0.333. The summed E-state index contributed by atoms with van der Waals surface area (Å²) in [7, 11) is 0. The van der Waals surface area contributed by atoms with Gasteiger partial charge in [-0.3, -0.25) is 0 Å². The van der Waals surface area contributed by atoms with E-state index in [1.165, 1.54) is 4.88 Å². The van der Waals surface area contributed by atoms with Crippen LogP contribution in [0, 0.1) is 0 Å². The van der Waals surface area contributed by atoms with Crippen LogP contribution in [-0.2, 0) is 12.8 Å². The van der Waals surface area contributed by atoms with Crippen molar-refractivity contribution in [3.05, 3.63) is 45.0 Å². The molecule has 1 atom stereocenters. The van der Waals surface area contributed by atoms with Crippen LogP contribution in [0.3, 0.4) is 0 Å². The highest BCUT2D eigenvalue weighted by Crippen LogP contribution is 2.23. The van der Waals surface area contributed by atoms with Gasteiger partial charge in [0.2, 0.25) is 0 Å². The molecule has 2 heterocycles. The van der Waals surface area contributed by atoms with Gasteiger partial charge in [-0.1, -0.05) is 0 Å². The third kappa shape index (κ3) is 3.47. The summed E-state index contributed by atoms with van der Waals surface area (Å²) in [6.45, 7) is 0. The maximum atomic E-state index is 9.86. The van der Waals surface area contributed by atoms with Gasteiger partial charge >= 0.3 is 0 Å². The number of halogens is 1. The van der Waals surface area contributed by atoms with E-state index in [9.17, 15) is 5.11 Å². The lowest BCUT2D eigenvalue weighted by Gasteiger charge is -2.07. The van der Waals surface area contributed by atoms with Gasteiger partial charge in [0.15, 0.2) is 0 Å². The Labute approximate surface area is 107 Å². The highest BCUT2D eigenvalue weighted by molar-refractivity contribution is 9.11. The minimum atomic E-state index is -0.296. The molecule has 1 unspecified atom stereocenters. The zero-order chi connectivity index (χ0) is 11.4. The number of aryl methyl sites for hydroxylation is 1. The molecule has 0 saturated heterocycles. The molecule has 0 saturated carbocycles. The molecular weight excluding hydrogens is 288 g/mol. The second kappa shape index (κ2) is 5.66. The smallest absolute Gasteiger partial charge is 0.103 e. The van der Waals surface area contributed by atoms with Crippen LogP contribution in [0.1, 0.15) is 17.1 Å². The van der Waals surface area contributed by atoms with E-state index < -0.39 is 0 Å². The highest BCUT2D eigenvalue weighted by Gasteiger charge is 2.08. The van der Waals surface area contributed by atoms with Crippen LogP contribution in [0.25, 0.3) is 0 Å². The van der Waals surface area contributed by atoms with Crippen molar-refractivity contribution in [3.63, 3.8) is 0 Å². The van der Waals surface area contributed by atoms with Crippen molar-refractivity contribution < 1.29 is 9.52 Å². The van der Waals surface area contributed by atoms with Crippen LogP contribution in [0.4, 0.5) is 0 Å². The van der Waals surface area contributed by atoms with Gasteiger partial charge in [-0.25, -0.2) is 0 Å². The van der Waals surface area contributed by atoms with Gasteiger partial charge in [-0.2, -0.15) is 0 Å². The molecule has 86 valence electrons. The van der Waals surface area contributed by atoms with Crippen molar-refractivity contribution in [1.82, 2.24) is 0 Å². The number of aliphatic hydroxyl groups excluding tert-OH is 1. The van der Waals surface area contributed by atoms with Gasteiger partial charge in [-0.15, -0.1) is 11.3 Å². The number of thiophene rings is 1. The Hall–Kier alpha value is -0.580. The Bertz CT molecular complexity index is 422. The highest BCUT2D eigenvalue weighted by atomic mass is 79.9. The third-order valence-corrected chi connectivity index (χ3v) is 4.02. The number of furan rings is 1. The van der Waals surface area contributed by atoms with Crippen LogP contribution >= 0.6 is 27.3 Å². The molecule has 2 aromatic heterocycles. The Morgan fingerprint density at radius 3 is 2.88 bits per heavy atom. The standard InChI is InChI=1S/C12H13BrO2S/c13-12-6-5-11(16-12)8-9(14)3-4-10-2-1-7-15-10/h1-2,5-7,9,14H,3-4,8H2. The predicted octanol–water partition coefficient (Wildman–Crippen LogP) is 3.64. The normalized spacial score (nSPS) is 12.9. The first kappa shape index (κ1) is 11.9. The molecule has 2 aromatic rings. The van der Waals surface area contributed by atoms with Gasteiger partial charge in [0.25, 0.3) is 0 Å². The van der Waals surface area contributed by atoms with E-state index in [0.717, 1.165) is 28.8 Å². The average Bonchev–Trinajstić information content (AvgIpc) is 2.87. The lowest BCUT2D eigenvalue weighted by molar-refractivity contribution is 0.164. The van der Waals surface area contributed by atoms with Crippen molar-refractivity contribution in [3.8, 4) is 0 Å². The van der Waals surface area contributed by atoms with Gasteiger partial charge in [0.05, 0.1) is 16.2 Å². The average molecular weight is 301 g/mol. The van der Waals surface area contributed by atoms with Crippen molar-refractivity contribution >= 4 is 27.3 Å². The fourth-order valence-electron chi connectivity index (χ4n) is 1.56. The summed E-state index contributed by atoms with van der Waals surface area (Å²) in [5, 5.41) is 9.86. The number of rotatable bonds is 5. The molecule has 2 rings (SSSR count). The molecule has 16 heavy (non-hydrogen) atoms. The lowest BCUT2D eigenvalue weighted by Crippen LogP contribution is -2.10. The molecule has 0 bridgehead atoms. The second-order valence-corrected chi connectivity index (χ2v) is 6.23. The van der Waals surface area contributed by atoms with Crippen LogP contribution in [0.15, 0.2) is 38.7 Å². The summed E-state index contributed by atoms with van der Waals surface area (Å²) in [5.41, 5.74) is 0. The molecule has 0 aromatic carbocycles. The van der Waals surface area contributed by atoms with Crippen LogP contribution in [-0.4, -0.2) is 11.2 Å². The predicted molar refractivity (Wildman–Crippen MR) is 68.8 cm³/mol. The van der Waals surface area contributed by atoms with E-state index in [4.69, 9.17) is 4.42 Å². The summed E-state index contributed by atoms with van der Waals surface area (Å²) in [5.74, 6) is 0.936. The fourth-order valence-corrected chi connectivity index (χ4v) is 3.11. The van der Waals surface area contributed by atoms with Gasteiger partial charge in [0, 0.05) is 17.7 Å². The first-order valence-electron chi connectivity index (χ1n) is 5.18. The third-order valence-electron chi connectivity index (χ3n) is 2.37. The van der Waals surface area contributed by atoms with Crippen LogP contribution in [0.5, 0.6) is 0 Å². The molecule has 0 aliphatic rings. The zero-order valence-corrected chi connectivity index (χ0v) is 11.1. The Morgan fingerprint density at radius 1 is 1.38 bits per heavy atom. The molecule has 0 radical (unpaired) electrons. The lowest BCUT2D eigenvalue weighted by atomic mass is 10.1. The van der Waals surface area contributed by atoms with E-state index in [2.05, 4.69) is 15.9 Å². The van der Waals surface area contributed by atoms with Gasteiger partial charge < -0.3 is 9.52 Å². The monoisotopic (exact) mass is 300 g/mol. The quantitative estimate of drug-likeness (QED) is 0.914. The number of hydrogen-bond donors (Lipinski definition) is 1. The molecule has 2 nitrogen and oxygen atoms in total. The van der Waals surface area contributed by atoms with Crippen LogP contribution < -0.4 is 0 Å². The molecule has 0 amide bonds. The van der Waals surface area contributed by atoms with E-state index >= 15 is 0 Å². The van der Waals surface area contributed by atoms with Crippen LogP contribution in [0.2, 0.25) is 0 Å². The molecule has 0 fully saturated rings. The van der Waals surface area contributed by atoms with E-state index in [1.807, 2.05) is 24.3 Å². The summed E-state index contributed by atoms with van der Waals surface area (Å²) in [6, 6.07) is 7.87. The number of aliphatic hydroxyl groups is 1. The Kier molecular flexibility index (Phi) is 4.21. The molecule has 4 heteroatoms. The Morgan fingerprint density at radius 2 is 2.25 bits per heavy atom. The van der Waals surface area contributed by atoms with E-state index in [-0.39, 0.29) is 6.10 Å². The summed E-state index contributed by atoms with van der Waals surface area (Å²) in [4.78, 5) is 1.21. The second-order valence-electron chi connectivity index (χ2n) is 3.68. The maximum absolute atomic E-state index is 9.86. The molecule has 0 aliphatic heterocycles. The Balaban J connectivity index is 1.78. The van der Waals surface area contributed by atoms with Crippen molar-refractivity contribution in [1.29, 1.82) is 0 Å². The summed E-state index contributed by atoms with van der Waals surface area (Å²) < 4.78 is 6.33. The molecular formula is C12H13BrO2S. The van der Waals surface area contributed by atoms with E-state index in [1.54, 1.807) is 17.6 Å². The van der Waals surface area contributed by atoms with E-state index in [0.29, 0.717) is 0 Å². The van der Waals surface area contributed by atoms with Gasteiger partial charge in [-0.05, 0) is 46.6 Å². The van der Waals surface area contributed by atoms with Gasteiger partial charge in [0.1, 0.15) is 5.76 Å². The van der Waals surface area contributed by atoms with Crippen molar-refractivity contribution in [2.45, 2.75) is 25.4 Å². The minimum Gasteiger partial charge on any atom is -0.469 e. The van der Waals surface area contributed by atoms with Crippen molar-refractivity contribution in [2.75, 3.05) is 0 Å². The maximum Gasteiger partial charge on any atom is 0.103 e.